The van der Waals surface area contributed by atoms with Crippen molar-refractivity contribution in [3.8, 4) is 16.9 Å². The zero-order valence-electron chi connectivity index (χ0n) is 17.8. The van der Waals surface area contributed by atoms with Crippen LogP contribution in [0.3, 0.4) is 0 Å². The van der Waals surface area contributed by atoms with Crippen LogP contribution in [0, 0.1) is 5.92 Å². The monoisotopic (exact) mass is 379 g/mol. The molecule has 1 aromatic heterocycles. The van der Waals surface area contributed by atoms with E-state index < -0.39 is 0 Å². The number of benzene rings is 1. The molecule has 1 aliphatic carbocycles. The van der Waals surface area contributed by atoms with Crippen molar-refractivity contribution in [2.45, 2.75) is 84.0 Å². The lowest BCUT2D eigenvalue weighted by atomic mass is 9.78. The molecule has 0 bridgehead atoms. The fraction of sp³-hybridized carbons (Fsp3) is 0.577. The Morgan fingerprint density at radius 3 is 2.18 bits per heavy atom. The number of aromatic nitrogens is 1. The zero-order chi connectivity index (χ0) is 19.6. The molecule has 0 N–H and O–H groups in total. The SMILES string of the molecule is CCCCCC1CCC(c2ccc(-c3ccc(OCCCC)cc3)cn2)CC1. The molecule has 0 amide bonds. The van der Waals surface area contributed by atoms with Gasteiger partial charge in [-0.25, -0.2) is 0 Å². The maximum absolute atomic E-state index is 5.76. The van der Waals surface area contributed by atoms with Crippen LogP contribution in [0.2, 0.25) is 0 Å². The zero-order valence-corrected chi connectivity index (χ0v) is 17.8. The predicted molar refractivity (Wildman–Crippen MR) is 119 cm³/mol. The Labute approximate surface area is 171 Å². The van der Waals surface area contributed by atoms with Crippen LogP contribution in [0.1, 0.15) is 89.7 Å². The quantitative estimate of drug-likeness (QED) is 0.393. The predicted octanol–water partition coefficient (Wildman–Crippen LogP) is 7.78. The lowest BCUT2D eigenvalue weighted by Crippen LogP contribution is -2.14. The second-order valence-electron chi connectivity index (χ2n) is 8.41. The van der Waals surface area contributed by atoms with Crippen LogP contribution < -0.4 is 4.74 Å². The summed E-state index contributed by atoms with van der Waals surface area (Å²) in [6, 6.07) is 12.9. The second kappa shape index (κ2) is 11.2. The normalized spacial score (nSPS) is 19.5. The van der Waals surface area contributed by atoms with Crippen molar-refractivity contribution >= 4 is 0 Å². The maximum Gasteiger partial charge on any atom is 0.119 e. The van der Waals surface area contributed by atoms with E-state index in [1.165, 1.54) is 68.2 Å². The molecule has 28 heavy (non-hydrogen) atoms. The summed E-state index contributed by atoms with van der Waals surface area (Å²) in [4.78, 5) is 4.83. The molecule has 0 atom stereocenters. The highest BCUT2D eigenvalue weighted by Crippen LogP contribution is 2.37. The second-order valence-corrected chi connectivity index (χ2v) is 8.41. The smallest absolute Gasteiger partial charge is 0.119 e. The highest BCUT2D eigenvalue weighted by atomic mass is 16.5. The molecule has 0 saturated heterocycles. The minimum Gasteiger partial charge on any atom is -0.494 e. The molecular weight excluding hydrogens is 342 g/mol. The molecular formula is C26H37NO. The van der Waals surface area contributed by atoms with Gasteiger partial charge >= 0.3 is 0 Å². The number of ether oxygens (including phenoxy) is 1. The summed E-state index contributed by atoms with van der Waals surface area (Å²) in [5.41, 5.74) is 3.69. The minimum atomic E-state index is 0.658. The van der Waals surface area contributed by atoms with Crippen LogP contribution in [0.5, 0.6) is 5.75 Å². The molecule has 152 valence electrons. The first kappa shape index (κ1) is 20.9. The Bertz CT molecular complexity index is 669. The topological polar surface area (TPSA) is 22.1 Å². The van der Waals surface area contributed by atoms with Crippen molar-refractivity contribution in [2.75, 3.05) is 6.61 Å². The van der Waals surface area contributed by atoms with E-state index in [9.17, 15) is 0 Å². The molecule has 1 fully saturated rings. The fourth-order valence-corrected chi connectivity index (χ4v) is 4.33. The van der Waals surface area contributed by atoms with E-state index >= 15 is 0 Å². The Balaban J connectivity index is 1.51. The molecule has 1 aromatic carbocycles. The minimum absolute atomic E-state index is 0.658. The standard InChI is InChI=1S/C26H37NO/c1-3-5-7-8-21-9-11-23(12-10-21)26-18-15-24(20-27-26)22-13-16-25(17-14-22)28-19-6-4-2/h13-18,20-21,23H,3-12,19H2,1-2H3. The van der Waals surface area contributed by atoms with Crippen LogP contribution >= 0.6 is 0 Å². The third-order valence-corrected chi connectivity index (χ3v) is 6.22. The number of nitrogens with zero attached hydrogens (tertiary/aromatic N) is 1. The third-order valence-electron chi connectivity index (χ3n) is 6.22. The molecule has 1 aliphatic rings. The summed E-state index contributed by atoms with van der Waals surface area (Å²) in [6.45, 7) is 5.28. The number of pyridine rings is 1. The highest BCUT2D eigenvalue weighted by Gasteiger charge is 2.22. The van der Waals surface area contributed by atoms with Gasteiger partial charge in [-0.05, 0) is 61.8 Å². The number of hydrogen-bond acceptors (Lipinski definition) is 2. The summed E-state index contributed by atoms with van der Waals surface area (Å²) < 4.78 is 5.76. The lowest BCUT2D eigenvalue weighted by molar-refractivity contribution is 0.300. The molecule has 0 radical (unpaired) electrons. The summed E-state index contributed by atoms with van der Waals surface area (Å²) in [5.74, 6) is 2.57. The van der Waals surface area contributed by atoms with Crippen molar-refractivity contribution in [3.05, 3.63) is 48.3 Å². The van der Waals surface area contributed by atoms with Gasteiger partial charge in [-0.2, -0.15) is 0 Å². The first-order chi connectivity index (χ1) is 13.8. The molecule has 2 nitrogen and oxygen atoms in total. The molecule has 0 aliphatic heterocycles. The molecule has 1 heterocycles. The number of hydrogen-bond donors (Lipinski definition) is 0. The van der Waals surface area contributed by atoms with Crippen LogP contribution in [0.4, 0.5) is 0 Å². The molecule has 1 saturated carbocycles. The van der Waals surface area contributed by atoms with Gasteiger partial charge in [0, 0.05) is 23.4 Å². The Morgan fingerprint density at radius 1 is 0.821 bits per heavy atom. The summed E-state index contributed by atoms with van der Waals surface area (Å²) >= 11 is 0. The van der Waals surface area contributed by atoms with Gasteiger partial charge < -0.3 is 4.74 Å². The van der Waals surface area contributed by atoms with Gasteiger partial charge in [-0.15, -0.1) is 0 Å². The first-order valence-electron chi connectivity index (χ1n) is 11.5. The lowest BCUT2D eigenvalue weighted by Gasteiger charge is -2.28. The van der Waals surface area contributed by atoms with Gasteiger partial charge in [-0.3, -0.25) is 4.98 Å². The maximum atomic E-state index is 5.76. The average molecular weight is 380 g/mol. The van der Waals surface area contributed by atoms with E-state index in [1.807, 2.05) is 0 Å². The van der Waals surface area contributed by atoms with E-state index in [0.29, 0.717) is 5.92 Å². The largest absolute Gasteiger partial charge is 0.494 e. The number of rotatable bonds is 10. The molecule has 2 heteroatoms. The van der Waals surface area contributed by atoms with Crippen LogP contribution in [-0.2, 0) is 0 Å². The van der Waals surface area contributed by atoms with Crippen LogP contribution in [-0.4, -0.2) is 11.6 Å². The van der Waals surface area contributed by atoms with Crippen molar-refractivity contribution in [2.24, 2.45) is 5.92 Å². The summed E-state index contributed by atoms with van der Waals surface area (Å²) in [7, 11) is 0. The summed E-state index contributed by atoms with van der Waals surface area (Å²) in [6.07, 6.45) is 15.3. The van der Waals surface area contributed by atoms with E-state index in [2.05, 4.69) is 56.4 Å². The van der Waals surface area contributed by atoms with Gasteiger partial charge in [0.05, 0.1) is 6.61 Å². The van der Waals surface area contributed by atoms with E-state index in [0.717, 1.165) is 31.1 Å². The average Bonchev–Trinajstić information content (AvgIpc) is 2.75. The van der Waals surface area contributed by atoms with Gasteiger partial charge in [0.15, 0.2) is 0 Å². The van der Waals surface area contributed by atoms with Gasteiger partial charge in [0.25, 0.3) is 0 Å². The Hall–Kier alpha value is -1.83. The molecule has 3 rings (SSSR count). The van der Waals surface area contributed by atoms with E-state index in [4.69, 9.17) is 9.72 Å². The van der Waals surface area contributed by atoms with Crippen LogP contribution in [0.15, 0.2) is 42.6 Å². The highest BCUT2D eigenvalue weighted by molar-refractivity contribution is 5.63. The molecule has 2 aromatic rings. The van der Waals surface area contributed by atoms with Gasteiger partial charge in [-0.1, -0.05) is 64.2 Å². The van der Waals surface area contributed by atoms with Crippen LogP contribution in [0.25, 0.3) is 11.1 Å². The first-order valence-corrected chi connectivity index (χ1v) is 11.5. The number of unbranched alkanes of at least 4 members (excludes halogenated alkanes) is 3. The Morgan fingerprint density at radius 2 is 1.54 bits per heavy atom. The third kappa shape index (κ3) is 6.09. The summed E-state index contributed by atoms with van der Waals surface area (Å²) in [5, 5.41) is 0. The van der Waals surface area contributed by atoms with E-state index in [1.54, 1.807) is 0 Å². The van der Waals surface area contributed by atoms with Crippen molar-refractivity contribution in [1.29, 1.82) is 0 Å². The molecule has 0 unspecified atom stereocenters. The fourth-order valence-electron chi connectivity index (χ4n) is 4.33. The Kier molecular flexibility index (Phi) is 8.39. The van der Waals surface area contributed by atoms with E-state index in [-0.39, 0.29) is 0 Å². The van der Waals surface area contributed by atoms with Crippen molar-refractivity contribution < 1.29 is 4.74 Å². The molecule has 0 spiro atoms. The van der Waals surface area contributed by atoms with Crippen molar-refractivity contribution in [1.82, 2.24) is 4.98 Å². The van der Waals surface area contributed by atoms with Gasteiger partial charge in [0.2, 0.25) is 0 Å². The van der Waals surface area contributed by atoms with Gasteiger partial charge in [0.1, 0.15) is 5.75 Å². The van der Waals surface area contributed by atoms with Crippen molar-refractivity contribution in [3.63, 3.8) is 0 Å².